The Morgan fingerprint density at radius 1 is 1.35 bits per heavy atom. The predicted octanol–water partition coefficient (Wildman–Crippen LogP) is 3.26. The molecule has 1 aromatic carbocycles. The first-order valence-electron chi connectivity index (χ1n) is 6.11. The maximum Gasteiger partial charge on any atom is 0.0621 e. The Morgan fingerprint density at radius 2 is 1.94 bits per heavy atom. The van der Waals surface area contributed by atoms with Gasteiger partial charge in [-0.1, -0.05) is 41.9 Å². The lowest BCUT2D eigenvalue weighted by atomic mass is 9.64. The molecule has 94 valence electrons. The van der Waals surface area contributed by atoms with E-state index in [0.717, 1.165) is 10.9 Å². The molecule has 2 rings (SSSR count). The predicted molar refractivity (Wildman–Crippen MR) is 73.9 cm³/mol. The summed E-state index contributed by atoms with van der Waals surface area (Å²) in [4.78, 5) is 0. The van der Waals surface area contributed by atoms with Gasteiger partial charge in [0.25, 0.3) is 0 Å². The van der Waals surface area contributed by atoms with Crippen LogP contribution < -0.4 is 5.32 Å². The molecule has 1 saturated carbocycles. The fraction of sp³-hybridized carbons (Fsp3) is 0.571. The number of hydrogen-bond donors (Lipinski definition) is 2. The molecule has 17 heavy (non-hydrogen) atoms. The summed E-state index contributed by atoms with van der Waals surface area (Å²) in [5, 5.41) is 13.3. The van der Waals surface area contributed by atoms with Gasteiger partial charge in [0.15, 0.2) is 0 Å². The highest BCUT2D eigenvalue weighted by molar-refractivity contribution is 9.10. The van der Waals surface area contributed by atoms with Crippen LogP contribution in [0.5, 0.6) is 0 Å². The number of rotatable bonds is 3. The number of nitrogens with one attached hydrogen (secondary N) is 1. The molecule has 1 aliphatic rings. The highest BCUT2D eigenvalue weighted by Crippen LogP contribution is 2.41. The van der Waals surface area contributed by atoms with Crippen molar-refractivity contribution in [3.8, 4) is 0 Å². The molecule has 0 heterocycles. The van der Waals surface area contributed by atoms with Crippen molar-refractivity contribution in [2.45, 2.75) is 45.4 Å². The van der Waals surface area contributed by atoms with Crippen molar-refractivity contribution in [3.63, 3.8) is 0 Å². The van der Waals surface area contributed by atoms with Gasteiger partial charge in [-0.2, -0.15) is 0 Å². The molecule has 0 radical (unpaired) electrons. The highest BCUT2D eigenvalue weighted by atomic mass is 79.9. The number of aliphatic hydroxyl groups excluding tert-OH is 1. The van der Waals surface area contributed by atoms with Crippen molar-refractivity contribution in [1.29, 1.82) is 0 Å². The second-order valence-corrected chi connectivity index (χ2v) is 6.48. The normalized spacial score (nSPS) is 28.5. The molecule has 1 fully saturated rings. The second kappa shape index (κ2) is 4.71. The topological polar surface area (TPSA) is 32.3 Å². The highest BCUT2D eigenvalue weighted by Gasteiger charge is 2.47. The van der Waals surface area contributed by atoms with E-state index in [9.17, 15) is 5.11 Å². The zero-order chi connectivity index (χ0) is 12.6. The van der Waals surface area contributed by atoms with Crippen LogP contribution in [-0.4, -0.2) is 17.3 Å². The van der Waals surface area contributed by atoms with Crippen LogP contribution in [0.3, 0.4) is 0 Å². The van der Waals surface area contributed by atoms with Crippen molar-refractivity contribution in [2.24, 2.45) is 5.41 Å². The first-order valence-corrected chi connectivity index (χ1v) is 6.90. The first-order chi connectivity index (χ1) is 7.91. The third kappa shape index (κ3) is 2.56. The summed E-state index contributed by atoms with van der Waals surface area (Å²) in [5.74, 6) is 0. The molecule has 0 amide bonds. The summed E-state index contributed by atoms with van der Waals surface area (Å²) >= 11 is 3.44. The van der Waals surface area contributed by atoms with Gasteiger partial charge in [-0.25, -0.2) is 0 Å². The van der Waals surface area contributed by atoms with Crippen molar-refractivity contribution in [1.82, 2.24) is 5.32 Å². The van der Waals surface area contributed by atoms with E-state index in [1.165, 1.54) is 5.56 Å². The molecule has 0 aliphatic heterocycles. The van der Waals surface area contributed by atoms with E-state index < -0.39 is 0 Å². The molecule has 2 N–H and O–H groups in total. The monoisotopic (exact) mass is 297 g/mol. The van der Waals surface area contributed by atoms with Gasteiger partial charge in [-0.3, -0.25) is 0 Å². The van der Waals surface area contributed by atoms with Crippen LogP contribution >= 0.6 is 15.9 Å². The summed E-state index contributed by atoms with van der Waals surface area (Å²) in [7, 11) is 0. The Kier molecular flexibility index (Phi) is 3.62. The molecule has 0 spiro atoms. The standard InChI is InChI=1S/C14H20BrNO/c1-9(10-4-6-11(15)7-5-10)16-12-8-13(17)14(12,2)3/h4-7,9,12-13,16-17H,8H2,1-3H3/t9-,12?,13?/m0/s1. The molecule has 1 aromatic rings. The van der Waals surface area contributed by atoms with Crippen LogP contribution in [0.15, 0.2) is 28.7 Å². The minimum absolute atomic E-state index is 0.0103. The summed E-state index contributed by atoms with van der Waals surface area (Å²) in [6, 6.07) is 9.10. The summed E-state index contributed by atoms with van der Waals surface area (Å²) in [6.45, 7) is 6.41. The van der Waals surface area contributed by atoms with E-state index in [2.05, 4.69) is 66.3 Å². The Balaban J connectivity index is 1.98. The fourth-order valence-electron chi connectivity index (χ4n) is 2.33. The van der Waals surface area contributed by atoms with Crippen molar-refractivity contribution >= 4 is 15.9 Å². The largest absolute Gasteiger partial charge is 0.392 e. The Bertz CT molecular complexity index is 388. The van der Waals surface area contributed by atoms with E-state index in [1.54, 1.807) is 0 Å². The van der Waals surface area contributed by atoms with Crippen molar-refractivity contribution < 1.29 is 5.11 Å². The van der Waals surface area contributed by atoms with Gasteiger partial charge in [0.05, 0.1) is 6.10 Å². The molecule has 0 saturated heterocycles. The van der Waals surface area contributed by atoms with E-state index in [0.29, 0.717) is 12.1 Å². The Hall–Kier alpha value is -0.380. The third-order valence-electron chi connectivity index (χ3n) is 4.04. The van der Waals surface area contributed by atoms with E-state index in [4.69, 9.17) is 0 Å². The van der Waals surface area contributed by atoms with E-state index in [-0.39, 0.29) is 11.5 Å². The minimum Gasteiger partial charge on any atom is -0.392 e. The van der Waals surface area contributed by atoms with E-state index in [1.807, 2.05) is 0 Å². The van der Waals surface area contributed by atoms with Crippen molar-refractivity contribution in [2.75, 3.05) is 0 Å². The number of halogens is 1. The van der Waals surface area contributed by atoms with Crippen molar-refractivity contribution in [3.05, 3.63) is 34.3 Å². The van der Waals surface area contributed by atoms with Gasteiger partial charge >= 0.3 is 0 Å². The second-order valence-electron chi connectivity index (χ2n) is 5.57. The third-order valence-corrected chi connectivity index (χ3v) is 4.57. The smallest absolute Gasteiger partial charge is 0.0621 e. The number of benzene rings is 1. The van der Waals surface area contributed by atoms with Crippen LogP contribution in [-0.2, 0) is 0 Å². The SMILES string of the molecule is C[C@H](NC1CC(O)C1(C)C)c1ccc(Br)cc1. The molecule has 2 nitrogen and oxygen atoms in total. The molecule has 3 heteroatoms. The first kappa shape index (κ1) is 13.1. The lowest BCUT2D eigenvalue weighted by Gasteiger charge is -2.50. The van der Waals surface area contributed by atoms with Gasteiger partial charge in [-0.15, -0.1) is 0 Å². The van der Waals surface area contributed by atoms with Gasteiger partial charge in [0.1, 0.15) is 0 Å². The molecular weight excluding hydrogens is 278 g/mol. The average Bonchev–Trinajstić information content (AvgIpc) is 2.29. The average molecular weight is 298 g/mol. The summed E-state index contributed by atoms with van der Waals surface area (Å²) < 4.78 is 1.10. The zero-order valence-corrected chi connectivity index (χ0v) is 12.2. The summed E-state index contributed by atoms with van der Waals surface area (Å²) in [5.41, 5.74) is 1.27. The molecule has 2 unspecified atom stereocenters. The lowest BCUT2D eigenvalue weighted by Crippen LogP contribution is -2.60. The van der Waals surface area contributed by atoms with Gasteiger partial charge in [0.2, 0.25) is 0 Å². The van der Waals surface area contributed by atoms with E-state index >= 15 is 0 Å². The van der Waals surface area contributed by atoms with Crippen LogP contribution in [0.4, 0.5) is 0 Å². The van der Waals surface area contributed by atoms with Gasteiger partial charge in [0, 0.05) is 22.0 Å². The lowest BCUT2D eigenvalue weighted by molar-refractivity contribution is -0.0754. The minimum atomic E-state index is -0.169. The molecule has 0 aromatic heterocycles. The maximum atomic E-state index is 9.72. The van der Waals surface area contributed by atoms with Crippen LogP contribution in [0.25, 0.3) is 0 Å². The molecular formula is C14H20BrNO. The Labute approximate surface area is 112 Å². The van der Waals surface area contributed by atoms with Crippen LogP contribution in [0.1, 0.15) is 38.8 Å². The molecule has 1 aliphatic carbocycles. The zero-order valence-electron chi connectivity index (χ0n) is 10.6. The molecule has 3 atom stereocenters. The quantitative estimate of drug-likeness (QED) is 0.897. The maximum absolute atomic E-state index is 9.72. The fourth-order valence-corrected chi connectivity index (χ4v) is 2.60. The number of aliphatic hydroxyl groups is 1. The summed E-state index contributed by atoms with van der Waals surface area (Å²) in [6.07, 6.45) is 0.686. The Morgan fingerprint density at radius 3 is 2.41 bits per heavy atom. The molecule has 0 bridgehead atoms. The van der Waals surface area contributed by atoms with Crippen LogP contribution in [0.2, 0.25) is 0 Å². The van der Waals surface area contributed by atoms with Gasteiger partial charge in [-0.05, 0) is 31.0 Å². The van der Waals surface area contributed by atoms with Gasteiger partial charge < -0.3 is 10.4 Å². The number of hydrogen-bond acceptors (Lipinski definition) is 2. The van der Waals surface area contributed by atoms with Crippen LogP contribution in [0, 0.1) is 5.41 Å².